The molecule has 19 heavy (non-hydrogen) atoms. The minimum absolute atomic E-state index is 0. The van der Waals surface area contributed by atoms with Crippen molar-refractivity contribution in [2.75, 3.05) is 31.1 Å². The molecule has 0 aromatic rings. The molecule has 0 amide bonds. The third-order valence-electron chi connectivity index (χ3n) is 3.87. The van der Waals surface area contributed by atoms with Crippen molar-refractivity contribution in [3.05, 3.63) is 0 Å². The Morgan fingerprint density at radius 3 is 2.32 bits per heavy atom. The molecule has 112 valence electrons. The third-order valence-corrected chi connectivity index (χ3v) is 5.58. The number of likely N-dealkylation sites (tertiary alicyclic amines) is 1. The van der Waals surface area contributed by atoms with Crippen LogP contribution in [0, 0.1) is 5.92 Å². The van der Waals surface area contributed by atoms with Crippen molar-refractivity contribution in [2.24, 2.45) is 16.6 Å². The van der Waals surface area contributed by atoms with Gasteiger partial charge in [0.05, 0.1) is 11.5 Å². The summed E-state index contributed by atoms with van der Waals surface area (Å²) in [4.78, 5) is 6.59. The highest BCUT2D eigenvalue weighted by Gasteiger charge is 2.23. The molecule has 0 atom stereocenters. The summed E-state index contributed by atoms with van der Waals surface area (Å²) in [5, 5.41) is 0. The molecule has 0 bridgehead atoms. The first-order valence-corrected chi connectivity index (χ1v) is 8.64. The Bertz CT molecular complexity index is 391. The molecule has 0 spiro atoms. The van der Waals surface area contributed by atoms with Gasteiger partial charge in [0.15, 0.2) is 5.96 Å². The number of guanidine groups is 1. The molecule has 2 heterocycles. The first kappa shape index (κ1) is 17.0. The molecule has 0 aromatic heterocycles. The third kappa shape index (κ3) is 5.45. The molecule has 0 saturated carbocycles. The van der Waals surface area contributed by atoms with Crippen LogP contribution in [0.2, 0.25) is 0 Å². The van der Waals surface area contributed by atoms with Crippen LogP contribution < -0.4 is 5.73 Å². The molecule has 0 radical (unpaired) electrons. The van der Waals surface area contributed by atoms with E-state index in [0.29, 0.717) is 29.9 Å². The maximum Gasteiger partial charge on any atom is 0.191 e. The summed E-state index contributed by atoms with van der Waals surface area (Å²) < 4.78 is 22.6. The standard InChI is InChI=1S/C12H23N3O2S.HI/c13-12(15-6-2-1-3-7-15)14-10-11-4-8-18(16,17)9-5-11;/h11H,1-10H2,(H2,13,14);1H. The van der Waals surface area contributed by atoms with E-state index in [4.69, 9.17) is 5.73 Å². The van der Waals surface area contributed by atoms with Crippen molar-refractivity contribution in [3.8, 4) is 0 Å². The van der Waals surface area contributed by atoms with Crippen LogP contribution in [0.25, 0.3) is 0 Å². The highest BCUT2D eigenvalue weighted by Crippen LogP contribution is 2.19. The lowest BCUT2D eigenvalue weighted by Gasteiger charge is -2.28. The summed E-state index contributed by atoms with van der Waals surface area (Å²) in [5.41, 5.74) is 5.98. The van der Waals surface area contributed by atoms with Crippen LogP contribution in [0.3, 0.4) is 0 Å². The van der Waals surface area contributed by atoms with Gasteiger partial charge in [-0.2, -0.15) is 0 Å². The second kappa shape index (κ2) is 7.66. The number of halogens is 1. The maximum atomic E-state index is 11.3. The monoisotopic (exact) mass is 401 g/mol. The van der Waals surface area contributed by atoms with Crippen LogP contribution in [0.15, 0.2) is 4.99 Å². The van der Waals surface area contributed by atoms with Crippen LogP contribution in [-0.4, -0.2) is 50.4 Å². The van der Waals surface area contributed by atoms with Gasteiger partial charge in [-0.3, -0.25) is 4.99 Å². The summed E-state index contributed by atoms with van der Waals surface area (Å²) in [6.07, 6.45) is 5.14. The van der Waals surface area contributed by atoms with Crippen molar-refractivity contribution in [1.82, 2.24) is 4.90 Å². The van der Waals surface area contributed by atoms with Gasteiger partial charge < -0.3 is 10.6 Å². The van der Waals surface area contributed by atoms with E-state index in [9.17, 15) is 8.42 Å². The highest BCUT2D eigenvalue weighted by atomic mass is 127. The molecule has 2 rings (SSSR count). The number of aliphatic imine (C=N–C) groups is 1. The second-order valence-corrected chi connectivity index (χ2v) is 7.65. The molecule has 2 aliphatic rings. The van der Waals surface area contributed by atoms with E-state index >= 15 is 0 Å². The van der Waals surface area contributed by atoms with E-state index in [1.165, 1.54) is 19.3 Å². The zero-order valence-electron chi connectivity index (χ0n) is 11.3. The zero-order valence-corrected chi connectivity index (χ0v) is 14.4. The summed E-state index contributed by atoms with van der Waals surface area (Å²) in [5.74, 6) is 1.66. The molecular formula is C12H24IN3O2S. The van der Waals surface area contributed by atoms with Crippen molar-refractivity contribution < 1.29 is 8.42 Å². The quantitative estimate of drug-likeness (QED) is 0.429. The Labute approximate surface area is 133 Å². The van der Waals surface area contributed by atoms with Crippen molar-refractivity contribution in [1.29, 1.82) is 0 Å². The fourth-order valence-corrected chi connectivity index (χ4v) is 4.16. The second-order valence-electron chi connectivity index (χ2n) is 5.34. The predicted octanol–water partition coefficient (Wildman–Crippen LogP) is 1.23. The SMILES string of the molecule is I.NC(=NCC1CCS(=O)(=O)CC1)N1CCCCC1. The smallest absolute Gasteiger partial charge is 0.191 e. The molecule has 2 fully saturated rings. The Balaban J connectivity index is 0.00000180. The molecule has 0 aromatic carbocycles. The summed E-state index contributed by atoms with van der Waals surface area (Å²) in [6.45, 7) is 2.70. The fourth-order valence-electron chi connectivity index (χ4n) is 2.57. The molecule has 0 aliphatic carbocycles. The Kier molecular flexibility index (Phi) is 6.85. The molecule has 2 N–H and O–H groups in total. The van der Waals surface area contributed by atoms with Crippen LogP contribution in [-0.2, 0) is 9.84 Å². The number of hydrogen-bond donors (Lipinski definition) is 1. The first-order chi connectivity index (χ1) is 8.57. The van der Waals surface area contributed by atoms with Crippen molar-refractivity contribution in [2.45, 2.75) is 32.1 Å². The molecule has 2 saturated heterocycles. The summed E-state index contributed by atoms with van der Waals surface area (Å²) in [7, 11) is -2.76. The van der Waals surface area contributed by atoms with Gasteiger partial charge in [0.2, 0.25) is 0 Å². The topological polar surface area (TPSA) is 75.8 Å². The average Bonchev–Trinajstić information content (AvgIpc) is 2.38. The van der Waals surface area contributed by atoms with Gasteiger partial charge >= 0.3 is 0 Å². The molecule has 7 heteroatoms. The van der Waals surface area contributed by atoms with Crippen molar-refractivity contribution >= 4 is 39.8 Å². The number of nitrogens with zero attached hydrogens (tertiary/aromatic N) is 2. The Morgan fingerprint density at radius 2 is 1.74 bits per heavy atom. The van der Waals surface area contributed by atoms with Crippen LogP contribution in [0.1, 0.15) is 32.1 Å². The number of piperidine rings is 1. The van der Waals surface area contributed by atoms with Gasteiger partial charge in [-0.1, -0.05) is 0 Å². The Morgan fingerprint density at radius 1 is 1.16 bits per heavy atom. The minimum Gasteiger partial charge on any atom is -0.370 e. The normalized spacial score (nSPS) is 24.8. The largest absolute Gasteiger partial charge is 0.370 e. The molecular weight excluding hydrogens is 377 g/mol. The molecule has 2 aliphatic heterocycles. The summed E-state index contributed by atoms with van der Waals surface area (Å²) >= 11 is 0. The number of rotatable bonds is 2. The predicted molar refractivity (Wildman–Crippen MR) is 88.7 cm³/mol. The lowest BCUT2D eigenvalue weighted by Crippen LogP contribution is -2.41. The number of sulfone groups is 1. The zero-order chi connectivity index (χ0) is 13.0. The van der Waals surface area contributed by atoms with Crippen molar-refractivity contribution in [3.63, 3.8) is 0 Å². The number of hydrogen-bond acceptors (Lipinski definition) is 3. The van der Waals surface area contributed by atoms with Gasteiger partial charge in [0.25, 0.3) is 0 Å². The van der Waals surface area contributed by atoms with E-state index in [2.05, 4.69) is 9.89 Å². The van der Waals surface area contributed by atoms with Gasteiger partial charge in [0.1, 0.15) is 9.84 Å². The van der Waals surface area contributed by atoms with E-state index in [1.54, 1.807) is 0 Å². The van der Waals surface area contributed by atoms with E-state index < -0.39 is 9.84 Å². The lowest BCUT2D eigenvalue weighted by atomic mass is 10.0. The highest BCUT2D eigenvalue weighted by molar-refractivity contribution is 14.0. The summed E-state index contributed by atoms with van der Waals surface area (Å²) in [6, 6.07) is 0. The van der Waals surface area contributed by atoms with Gasteiger partial charge in [-0.25, -0.2) is 8.42 Å². The van der Waals surface area contributed by atoms with E-state index in [-0.39, 0.29) is 24.0 Å². The lowest BCUT2D eigenvalue weighted by molar-refractivity contribution is 0.336. The molecule has 0 unspecified atom stereocenters. The fraction of sp³-hybridized carbons (Fsp3) is 0.917. The van der Waals surface area contributed by atoms with Crippen LogP contribution in [0.5, 0.6) is 0 Å². The van der Waals surface area contributed by atoms with E-state index in [1.807, 2.05) is 0 Å². The van der Waals surface area contributed by atoms with E-state index in [0.717, 1.165) is 25.9 Å². The van der Waals surface area contributed by atoms with Crippen LogP contribution >= 0.6 is 24.0 Å². The Hall–Kier alpha value is -0.0500. The minimum atomic E-state index is -2.76. The maximum absolute atomic E-state index is 11.3. The van der Waals surface area contributed by atoms with Gasteiger partial charge in [-0.15, -0.1) is 24.0 Å². The van der Waals surface area contributed by atoms with Gasteiger partial charge in [-0.05, 0) is 38.0 Å². The molecule has 5 nitrogen and oxygen atoms in total. The van der Waals surface area contributed by atoms with Crippen LogP contribution in [0.4, 0.5) is 0 Å². The number of nitrogens with two attached hydrogens (primary N) is 1. The van der Waals surface area contributed by atoms with Gasteiger partial charge in [0, 0.05) is 19.6 Å². The average molecular weight is 401 g/mol. The first-order valence-electron chi connectivity index (χ1n) is 6.82.